The van der Waals surface area contributed by atoms with Crippen LogP contribution in [-0.2, 0) is 16.0 Å². The fourth-order valence-corrected chi connectivity index (χ4v) is 4.89. The lowest BCUT2D eigenvalue weighted by atomic mass is 10.0. The van der Waals surface area contributed by atoms with Crippen LogP contribution in [0.4, 0.5) is 10.7 Å². The number of rotatable bonds is 5. The van der Waals surface area contributed by atoms with E-state index in [0.717, 1.165) is 17.7 Å². The van der Waals surface area contributed by atoms with Crippen LogP contribution in [0, 0.1) is 0 Å². The largest absolute Gasteiger partial charge is 0.465 e. The van der Waals surface area contributed by atoms with E-state index in [1.807, 2.05) is 35.7 Å². The number of thiophene rings is 1. The highest BCUT2D eigenvalue weighted by Gasteiger charge is 2.28. The number of esters is 1. The Morgan fingerprint density at radius 3 is 2.67 bits per heavy atom. The van der Waals surface area contributed by atoms with Crippen molar-refractivity contribution in [2.24, 2.45) is 0 Å². The van der Waals surface area contributed by atoms with Crippen LogP contribution in [0.3, 0.4) is 0 Å². The lowest BCUT2D eigenvalue weighted by Gasteiger charge is -2.24. The summed E-state index contributed by atoms with van der Waals surface area (Å²) in [7, 11) is 1.33. The summed E-state index contributed by atoms with van der Waals surface area (Å²) < 4.78 is 4.98. The molecule has 1 atom stereocenters. The molecule has 3 aromatic rings. The molecule has 0 saturated heterocycles. The van der Waals surface area contributed by atoms with Gasteiger partial charge in [0.15, 0.2) is 0 Å². The number of ether oxygens (including phenoxy) is 1. The van der Waals surface area contributed by atoms with Crippen molar-refractivity contribution < 1.29 is 14.3 Å². The van der Waals surface area contributed by atoms with Gasteiger partial charge in [0, 0.05) is 27.7 Å². The molecule has 30 heavy (non-hydrogen) atoms. The molecule has 1 amide bonds. The maximum Gasteiger partial charge on any atom is 0.341 e. The van der Waals surface area contributed by atoms with Gasteiger partial charge < -0.3 is 15.0 Å². The maximum absolute atomic E-state index is 12.9. The Hall–Kier alpha value is -2.83. The number of methoxy groups -OCH3 is 1. The number of carbonyl (C=O) groups excluding carboxylic acids is 2. The Morgan fingerprint density at radius 1 is 1.20 bits per heavy atom. The van der Waals surface area contributed by atoms with E-state index < -0.39 is 5.97 Å². The van der Waals surface area contributed by atoms with Gasteiger partial charge in [-0.25, -0.2) is 4.79 Å². The number of amides is 1. The number of hydrogen-bond donors (Lipinski definition) is 1. The Morgan fingerprint density at radius 2 is 1.93 bits per heavy atom. The van der Waals surface area contributed by atoms with Gasteiger partial charge in [0.1, 0.15) is 10.6 Å². The molecule has 0 radical (unpaired) electrons. The van der Waals surface area contributed by atoms with E-state index in [-0.39, 0.29) is 18.5 Å². The van der Waals surface area contributed by atoms with E-state index in [0.29, 0.717) is 21.2 Å². The molecule has 1 N–H and O–H groups in total. The van der Waals surface area contributed by atoms with Crippen molar-refractivity contribution in [3.63, 3.8) is 0 Å². The van der Waals surface area contributed by atoms with Crippen LogP contribution in [0.15, 0.2) is 53.9 Å². The van der Waals surface area contributed by atoms with E-state index >= 15 is 0 Å². The van der Waals surface area contributed by atoms with Crippen molar-refractivity contribution in [1.29, 1.82) is 0 Å². The number of halogens is 1. The zero-order valence-corrected chi connectivity index (χ0v) is 18.2. The third-order valence-electron chi connectivity index (χ3n) is 5.25. The molecule has 2 heterocycles. The molecule has 0 fully saturated rings. The number of hydrogen-bond acceptors (Lipinski definition) is 5. The number of fused-ring (bicyclic) bond motifs is 1. The minimum atomic E-state index is -0.489. The summed E-state index contributed by atoms with van der Waals surface area (Å²) in [4.78, 5) is 27.4. The van der Waals surface area contributed by atoms with E-state index in [2.05, 4.69) is 23.2 Å². The number of anilines is 2. The molecular weight excluding hydrogens is 420 g/mol. The minimum absolute atomic E-state index is 0.173. The van der Waals surface area contributed by atoms with Crippen molar-refractivity contribution >= 4 is 45.5 Å². The predicted molar refractivity (Wildman–Crippen MR) is 122 cm³/mol. The molecule has 0 saturated carbocycles. The third-order valence-corrected chi connectivity index (χ3v) is 6.40. The molecular formula is C23H21ClN2O3S. The minimum Gasteiger partial charge on any atom is -0.465 e. The van der Waals surface area contributed by atoms with E-state index in [1.54, 1.807) is 12.1 Å². The number of nitrogens with one attached hydrogen (secondary N) is 1. The highest BCUT2D eigenvalue weighted by Crippen LogP contribution is 2.37. The van der Waals surface area contributed by atoms with E-state index in [4.69, 9.17) is 16.3 Å². The Bertz CT molecular complexity index is 1090. The monoisotopic (exact) mass is 440 g/mol. The molecule has 0 bridgehead atoms. The van der Waals surface area contributed by atoms with Crippen LogP contribution in [-0.4, -0.2) is 31.6 Å². The van der Waals surface area contributed by atoms with Crippen molar-refractivity contribution in [1.82, 2.24) is 0 Å². The van der Waals surface area contributed by atoms with Gasteiger partial charge in [-0.2, -0.15) is 0 Å². The van der Waals surface area contributed by atoms with Crippen LogP contribution in [0.5, 0.6) is 0 Å². The average Bonchev–Trinajstić information content (AvgIpc) is 3.29. The first-order valence-electron chi connectivity index (χ1n) is 9.58. The topological polar surface area (TPSA) is 58.6 Å². The number of benzene rings is 2. The average molecular weight is 441 g/mol. The molecule has 1 aliphatic heterocycles. The van der Waals surface area contributed by atoms with Crippen molar-refractivity contribution in [3.8, 4) is 11.1 Å². The number of nitrogens with zero attached hydrogens (tertiary/aromatic N) is 1. The molecule has 5 nitrogen and oxygen atoms in total. The molecule has 7 heteroatoms. The Balaban J connectivity index is 1.58. The van der Waals surface area contributed by atoms with Gasteiger partial charge in [0.2, 0.25) is 5.91 Å². The first-order chi connectivity index (χ1) is 14.5. The molecule has 2 aromatic carbocycles. The second-order valence-corrected chi connectivity index (χ2v) is 8.53. The fraction of sp³-hybridized carbons (Fsp3) is 0.217. The molecule has 1 unspecified atom stereocenters. The summed E-state index contributed by atoms with van der Waals surface area (Å²) in [6, 6.07) is 15.6. The highest BCUT2D eigenvalue weighted by molar-refractivity contribution is 7.15. The second kappa shape index (κ2) is 8.50. The van der Waals surface area contributed by atoms with Crippen LogP contribution >= 0.6 is 22.9 Å². The number of para-hydroxylation sites is 1. The van der Waals surface area contributed by atoms with Gasteiger partial charge in [0.05, 0.1) is 13.7 Å². The summed E-state index contributed by atoms with van der Waals surface area (Å²) >= 11 is 7.29. The zero-order valence-electron chi connectivity index (χ0n) is 16.6. The van der Waals surface area contributed by atoms with E-state index in [1.165, 1.54) is 24.0 Å². The molecule has 0 spiro atoms. The van der Waals surface area contributed by atoms with Crippen molar-refractivity contribution in [3.05, 3.63) is 70.1 Å². The maximum atomic E-state index is 12.9. The lowest BCUT2D eigenvalue weighted by Crippen LogP contribution is -2.37. The van der Waals surface area contributed by atoms with Crippen LogP contribution in [0.2, 0.25) is 5.02 Å². The van der Waals surface area contributed by atoms with Crippen LogP contribution in [0.25, 0.3) is 11.1 Å². The highest BCUT2D eigenvalue weighted by atomic mass is 35.5. The standard InChI is InChI=1S/C23H21ClN2O3S/c1-14-11-16-5-3-4-6-19(16)26(14)12-20(27)25-22-21(23(28)29-2)18(13-30-22)15-7-9-17(24)10-8-15/h3-10,13-14H,11-12H2,1-2H3,(H,25,27). The molecule has 154 valence electrons. The number of carbonyl (C=O) groups is 2. The van der Waals surface area contributed by atoms with E-state index in [9.17, 15) is 9.59 Å². The van der Waals surface area contributed by atoms with Gasteiger partial charge >= 0.3 is 5.97 Å². The van der Waals surface area contributed by atoms with Gasteiger partial charge in [0.25, 0.3) is 0 Å². The second-order valence-electron chi connectivity index (χ2n) is 7.21. The lowest BCUT2D eigenvalue weighted by molar-refractivity contribution is -0.115. The summed E-state index contributed by atoms with van der Waals surface area (Å²) in [5, 5.41) is 5.86. The first kappa shape index (κ1) is 20.4. The first-order valence-corrected chi connectivity index (χ1v) is 10.8. The van der Waals surface area contributed by atoms with Gasteiger partial charge in [-0.05, 0) is 42.7 Å². The Labute approximate surface area is 184 Å². The van der Waals surface area contributed by atoms with Crippen LogP contribution < -0.4 is 10.2 Å². The predicted octanol–water partition coefficient (Wildman–Crippen LogP) is 5.24. The summed E-state index contributed by atoms with van der Waals surface area (Å²) in [6.45, 7) is 2.32. The summed E-state index contributed by atoms with van der Waals surface area (Å²) in [5.74, 6) is -0.662. The zero-order chi connectivity index (χ0) is 21.3. The molecule has 1 aromatic heterocycles. The smallest absolute Gasteiger partial charge is 0.341 e. The van der Waals surface area contributed by atoms with Gasteiger partial charge in [-0.1, -0.05) is 41.9 Å². The molecule has 4 rings (SSSR count). The SMILES string of the molecule is COC(=O)c1c(-c2ccc(Cl)cc2)csc1NC(=O)CN1c2ccccc2CC1C. The molecule has 1 aliphatic rings. The summed E-state index contributed by atoms with van der Waals surface area (Å²) in [6.07, 6.45) is 0.913. The summed E-state index contributed by atoms with van der Waals surface area (Å²) in [5.41, 5.74) is 4.22. The third kappa shape index (κ3) is 3.93. The normalized spacial score (nSPS) is 15.0. The van der Waals surface area contributed by atoms with Crippen molar-refractivity contribution in [2.75, 3.05) is 23.9 Å². The van der Waals surface area contributed by atoms with Gasteiger partial charge in [-0.15, -0.1) is 11.3 Å². The van der Waals surface area contributed by atoms with Crippen LogP contribution in [0.1, 0.15) is 22.8 Å². The fourth-order valence-electron chi connectivity index (χ4n) is 3.79. The molecule has 0 aliphatic carbocycles. The van der Waals surface area contributed by atoms with Gasteiger partial charge in [-0.3, -0.25) is 4.79 Å². The Kier molecular flexibility index (Phi) is 5.79. The quantitative estimate of drug-likeness (QED) is 0.551. The van der Waals surface area contributed by atoms with Crippen molar-refractivity contribution in [2.45, 2.75) is 19.4 Å².